The third-order valence-corrected chi connectivity index (χ3v) is 13.9. The van der Waals surface area contributed by atoms with E-state index >= 15 is 0 Å². The Balaban J connectivity index is 0.000000353. The molecule has 3 atom stereocenters. The monoisotopic (exact) mass is 949 g/mol. The zero-order valence-electron chi connectivity index (χ0n) is 40.3. The van der Waals surface area contributed by atoms with Crippen LogP contribution in [0.2, 0.25) is 0 Å². The van der Waals surface area contributed by atoms with E-state index in [1.165, 1.54) is 73.8 Å². The van der Waals surface area contributed by atoms with Gasteiger partial charge < -0.3 is 20.3 Å². The molecule has 0 amide bonds. The molecule has 0 saturated heterocycles. The van der Waals surface area contributed by atoms with Crippen molar-refractivity contribution in [3.05, 3.63) is 102 Å². The number of allylic oxidation sites excluding steroid dienone is 2. The maximum absolute atomic E-state index is 13.1. The summed E-state index contributed by atoms with van der Waals surface area (Å²) in [6.07, 6.45) is 24.1. The number of aliphatic hydroxyl groups is 1. The Kier molecular flexibility index (Phi) is 25.9. The van der Waals surface area contributed by atoms with Gasteiger partial charge in [-0.2, -0.15) is 4.98 Å². The van der Waals surface area contributed by atoms with Crippen molar-refractivity contribution in [3.8, 4) is 11.4 Å². The third-order valence-electron chi connectivity index (χ3n) is 12.1. The van der Waals surface area contributed by atoms with Gasteiger partial charge in [-0.15, -0.1) is 11.3 Å². The first kappa shape index (κ1) is 54.2. The number of aliphatic hydroxyl groups excluding tert-OH is 1. The number of ether oxygens (including phenoxy) is 2. The average molecular weight is 950 g/mol. The molecule has 1 saturated carbocycles. The summed E-state index contributed by atoms with van der Waals surface area (Å²) < 4.78 is 14.8. The summed E-state index contributed by atoms with van der Waals surface area (Å²) in [6.45, 7) is 21.4. The van der Waals surface area contributed by atoms with Gasteiger partial charge in [-0.05, 0) is 96.1 Å². The zero-order chi connectivity index (χ0) is 46.1. The second-order valence-corrected chi connectivity index (χ2v) is 19.0. The number of fused-ring (bicyclic) bond motifs is 1. The van der Waals surface area contributed by atoms with Gasteiger partial charge in [0.1, 0.15) is 18.2 Å². The van der Waals surface area contributed by atoms with Crippen molar-refractivity contribution in [2.24, 2.45) is 11.7 Å². The van der Waals surface area contributed by atoms with Gasteiger partial charge in [0.05, 0.1) is 47.6 Å². The van der Waals surface area contributed by atoms with E-state index in [2.05, 4.69) is 123 Å². The van der Waals surface area contributed by atoms with Gasteiger partial charge in [0.2, 0.25) is 0 Å². The molecular weight excluding hydrogens is 869 g/mol. The van der Waals surface area contributed by atoms with Crippen molar-refractivity contribution in [1.29, 1.82) is 0 Å². The molecule has 3 unspecified atom stereocenters. The number of hydrogen-bond donors (Lipinski definition) is 2. The molecule has 4 aromatic rings. The van der Waals surface area contributed by atoms with Gasteiger partial charge in [-0.1, -0.05) is 143 Å². The van der Waals surface area contributed by atoms with E-state index in [0.29, 0.717) is 43.6 Å². The molecule has 3 N–H and O–H groups in total. The van der Waals surface area contributed by atoms with Crippen LogP contribution in [0.15, 0.2) is 68.9 Å². The molecular formula is C53H81BrN4O4S. The van der Waals surface area contributed by atoms with Crippen molar-refractivity contribution < 1.29 is 14.6 Å². The molecule has 0 aliphatic heterocycles. The molecule has 8 nitrogen and oxygen atoms in total. The van der Waals surface area contributed by atoms with E-state index in [9.17, 15) is 4.79 Å². The smallest absolute Gasteiger partial charge is 0.281 e. The largest absolute Gasteiger partial charge is 0.491 e. The predicted octanol–water partition coefficient (Wildman–Crippen LogP) is 14.2. The van der Waals surface area contributed by atoms with Crippen molar-refractivity contribution in [2.75, 3.05) is 33.0 Å². The van der Waals surface area contributed by atoms with Crippen LogP contribution in [0.3, 0.4) is 0 Å². The summed E-state index contributed by atoms with van der Waals surface area (Å²) in [5, 5.41) is 9.65. The summed E-state index contributed by atoms with van der Waals surface area (Å²) >= 11 is 5.33. The molecule has 0 bridgehead atoms. The molecule has 1 fully saturated rings. The summed E-state index contributed by atoms with van der Waals surface area (Å²) in [7, 11) is 0. The molecule has 63 heavy (non-hydrogen) atoms. The first-order valence-corrected chi connectivity index (χ1v) is 25.8. The van der Waals surface area contributed by atoms with Crippen LogP contribution < -0.4 is 16.0 Å². The second kappa shape index (κ2) is 30.1. The van der Waals surface area contributed by atoms with Crippen LogP contribution >= 0.6 is 27.3 Å². The highest BCUT2D eigenvalue weighted by molar-refractivity contribution is 9.10. The fourth-order valence-electron chi connectivity index (χ4n) is 8.02. The van der Waals surface area contributed by atoms with Gasteiger partial charge in [-0.3, -0.25) is 9.36 Å². The summed E-state index contributed by atoms with van der Waals surface area (Å²) in [4.78, 5) is 23.4. The molecule has 350 valence electrons. The van der Waals surface area contributed by atoms with Crippen LogP contribution in [0.25, 0.3) is 16.6 Å². The van der Waals surface area contributed by atoms with Crippen LogP contribution in [-0.4, -0.2) is 52.6 Å². The van der Waals surface area contributed by atoms with E-state index in [1.807, 2.05) is 23.7 Å². The molecule has 2 heterocycles. The van der Waals surface area contributed by atoms with E-state index in [1.54, 1.807) is 11.3 Å². The molecule has 6 rings (SSSR count). The second-order valence-electron chi connectivity index (χ2n) is 17.3. The number of nitrogens with two attached hydrogens (primary N) is 1. The van der Waals surface area contributed by atoms with Crippen molar-refractivity contribution in [1.82, 2.24) is 14.5 Å². The number of unbranched alkanes of at least 4 members (excludes halogenated alkanes) is 3. The molecule has 0 spiro atoms. The van der Waals surface area contributed by atoms with Crippen LogP contribution in [0, 0.1) is 19.8 Å². The molecule has 2 aliphatic carbocycles. The average Bonchev–Trinajstić information content (AvgIpc) is 3.97. The van der Waals surface area contributed by atoms with Crippen LogP contribution in [0.5, 0.6) is 5.75 Å². The molecule has 2 aromatic heterocycles. The highest BCUT2D eigenvalue weighted by Gasteiger charge is 2.23. The van der Waals surface area contributed by atoms with Crippen molar-refractivity contribution >= 4 is 38.2 Å². The Morgan fingerprint density at radius 2 is 1.73 bits per heavy atom. The van der Waals surface area contributed by atoms with E-state index in [4.69, 9.17) is 20.3 Å². The summed E-state index contributed by atoms with van der Waals surface area (Å²) in [6, 6.07) is 10.3. The quantitative estimate of drug-likeness (QED) is 0.0900. The number of thiazole rings is 1. The van der Waals surface area contributed by atoms with E-state index in [0.717, 1.165) is 76.5 Å². The van der Waals surface area contributed by atoms with Crippen LogP contribution in [-0.2, 0) is 4.74 Å². The topological polar surface area (TPSA) is 112 Å². The molecule has 2 aromatic carbocycles. The predicted molar refractivity (Wildman–Crippen MR) is 272 cm³/mol. The maximum Gasteiger partial charge on any atom is 0.281 e. The molecule has 0 radical (unpaired) electrons. The fraction of sp³-hybridized carbons (Fsp3) is 0.604. The standard InChI is InChI=1S/C32H45BrN2O4.C11H14N2S.C6H12.C4H10/c1-6-9-10-13-24(12-7-2)25-20-23(5)28(21-29(25)39-19-18-38-17-16-36)35-27-15-11-14-26(33)30(27)32(37)34-31(35)22(4)8-3;1-8-11(14-7-13-8)10-4-2-9(6-12)3-5-10;1-6-4-2-3-5-6;1-3-4-2/h11,14-15,20-22,24,36H,6-10,12-13,16-19H2,1-5H3;2-4,7,10H,5-6,12H2,1H3;6H,2-5H2,1H3;3-4H2,1-2H3. The number of benzene rings is 2. The Morgan fingerprint density at radius 3 is 2.29 bits per heavy atom. The lowest BCUT2D eigenvalue weighted by Crippen LogP contribution is -2.21. The normalized spacial score (nSPS) is 15.7. The number of halogens is 1. The Hall–Kier alpha value is -3.15. The Bertz CT molecular complexity index is 2030. The summed E-state index contributed by atoms with van der Waals surface area (Å²) in [5.74, 6) is 3.68. The number of rotatable bonds is 19. The lowest BCUT2D eigenvalue weighted by atomic mass is 9.87. The van der Waals surface area contributed by atoms with E-state index < -0.39 is 0 Å². The first-order chi connectivity index (χ1) is 30.5. The zero-order valence-corrected chi connectivity index (χ0v) is 42.7. The SMILES string of the molecule is CC1CCCC1.CCCC.CCCCCC(CCC)c1cc(C)c(-n2c(C(C)CC)nc(=O)c3c(Br)cccc32)cc1OCCOCCO.Cc1ncsc1C1C=CC(CN)=CC1. The minimum atomic E-state index is -0.213. The van der Waals surface area contributed by atoms with Crippen molar-refractivity contribution in [2.45, 2.75) is 170 Å². The lowest BCUT2D eigenvalue weighted by Gasteiger charge is -2.25. The van der Waals surface area contributed by atoms with Gasteiger partial charge in [0, 0.05) is 33.8 Å². The molecule has 2 aliphatic rings. The minimum Gasteiger partial charge on any atom is -0.491 e. The van der Waals surface area contributed by atoms with Crippen LogP contribution in [0.1, 0.15) is 184 Å². The number of aryl methyl sites for hydroxylation is 2. The Morgan fingerprint density at radius 1 is 0.984 bits per heavy atom. The maximum atomic E-state index is 13.1. The fourth-order valence-corrected chi connectivity index (χ4v) is 9.45. The highest BCUT2D eigenvalue weighted by atomic mass is 79.9. The number of hydrogen-bond acceptors (Lipinski definition) is 8. The third kappa shape index (κ3) is 17.0. The highest BCUT2D eigenvalue weighted by Crippen LogP contribution is 2.39. The van der Waals surface area contributed by atoms with Gasteiger partial charge in [0.25, 0.3) is 5.56 Å². The van der Waals surface area contributed by atoms with Gasteiger partial charge >= 0.3 is 0 Å². The number of aromatic nitrogens is 3. The van der Waals surface area contributed by atoms with Crippen LogP contribution in [0.4, 0.5) is 0 Å². The minimum absolute atomic E-state index is 0.00366. The number of nitrogens with zero attached hydrogens (tertiary/aromatic N) is 3. The van der Waals surface area contributed by atoms with Crippen molar-refractivity contribution in [3.63, 3.8) is 0 Å². The molecule has 10 heteroatoms. The van der Waals surface area contributed by atoms with Gasteiger partial charge in [0.15, 0.2) is 0 Å². The lowest BCUT2D eigenvalue weighted by molar-refractivity contribution is 0.0702. The Labute approximate surface area is 393 Å². The van der Waals surface area contributed by atoms with Gasteiger partial charge in [-0.25, -0.2) is 4.98 Å². The summed E-state index contributed by atoms with van der Waals surface area (Å²) in [5.41, 5.74) is 13.8. The first-order valence-electron chi connectivity index (χ1n) is 24.1. The van der Waals surface area contributed by atoms with E-state index in [-0.39, 0.29) is 18.1 Å².